The number of aromatic nitrogens is 2. The number of nitrogens with one attached hydrogen (secondary N) is 2. The molecule has 1 saturated heterocycles. The molecule has 3 N–H and O–H groups in total. The first-order valence-electron chi connectivity index (χ1n) is 9.26. The van der Waals surface area contributed by atoms with E-state index in [-0.39, 0.29) is 29.8 Å². The lowest BCUT2D eigenvalue weighted by Crippen LogP contribution is -2.34. The Hall–Kier alpha value is -1.48. The van der Waals surface area contributed by atoms with Gasteiger partial charge in [-0.15, -0.1) is 23.7 Å². The zero-order valence-corrected chi connectivity index (χ0v) is 16.9. The molecule has 0 saturated carbocycles. The van der Waals surface area contributed by atoms with Crippen LogP contribution in [0.25, 0.3) is 10.2 Å². The van der Waals surface area contributed by atoms with E-state index in [4.69, 9.17) is 4.98 Å². The highest BCUT2D eigenvalue weighted by Crippen LogP contribution is 2.28. The van der Waals surface area contributed by atoms with Gasteiger partial charge in [0.15, 0.2) is 0 Å². The van der Waals surface area contributed by atoms with Crippen molar-refractivity contribution in [2.24, 2.45) is 5.92 Å². The standard InChI is InChI=1S/C18H24N4O3S.ClH/c1-10-14-17(21-13-5-3-2-4-6-22(13)18(14)25)26-15(10)16(24)20-8-11-7-19-9-12(11)23;/h11-12,19,23H,2-9H2,1H3,(H,20,24);1H. The van der Waals surface area contributed by atoms with Crippen LogP contribution < -0.4 is 16.2 Å². The van der Waals surface area contributed by atoms with E-state index in [0.29, 0.717) is 46.8 Å². The van der Waals surface area contributed by atoms with Crippen molar-refractivity contribution in [1.29, 1.82) is 0 Å². The summed E-state index contributed by atoms with van der Waals surface area (Å²) in [6, 6.07) is 0. The summed E-state index contributed by atoms with van der Waals surface area (Å²) < 4.78 is 1.79. The fourth-order valence-electron chi connectivity index (χ4n) is 3.86. The fraction of sp³-hybridized carbons (Fsp3) is 0.611. The predicted molar refractivity (Wildman–Crippen MR) is 108 cm³/mol. The van der Waals surface area contributed by atoms with E-state index >= 15 is 0 Å². The third-order valence-corrected chi connectivity index (χ3v) is 6.63. The molecule has 2 aliphatic heterocycles. The monoisotopic (exact) mass is 412 g/mol. The van der Waals surface area contributed by atoms with Gasteiger partial charge in [-0.1, -0.05) is 6.42 Å². The molecule has 0 bridgehead atoms. The highest BCUT2D eigenvalue weighted by molar-refractivity contribution is 7.20. The zero-order chi connectivity index (χ0) is 18.3. The highest BCUT2D eigenvalue weighted by atomic mass is 35.5. The Labute approximate surface area is 167 Å². The highest BCUT2D eigenvalue weighted by Gasteiger charge is 2.27. The van der Waals surface area contributed by atoms with E-state index < -0.39 is 6.10 Å². The number of aliphatic hydroxyl groups is 1. The Kier molecular flexibility index (Phi) is 6.20. The molecule has 0 aliphatic carbocycles. The van der Waals surface area contributed by atoms with Crippen molar-refractivity contribution in [3.05, 3.63) is 26.6 Å². The summed E-state index contributed by atoms with van der Waals surface area (Å²) in [6.45, 7) is 4.22. The van der Waals surface area contributed by atoms with E-state index in [2.05, 4.69) is 10.6 Å². The van der Waals surface area contributed by atoms with Crippen molar-refractivity contribution in [3.8, 4) is 0 Å². The molecule has 1 fully saturated rings. The summed E-state index contributed by atoms with van der Waals surface area (Å²) in [5.74, 6) is 0.672. The molecule has 148 valence electrons. The van der Waals surface area contributed by atoms with Crippen molar-refractivity contribution in [3.63, 3.8) is 0 Å². The first kappa shape index (κ1) is 20.3. The molecule has 27 heavy (non-hydrogen) atoms. The summed E-state index contributed by atoms with van der Waals surface area (Å²) in [4.78, 5) is 31.5. The van der Waals surface area contributed by atoms with Gasteiger partial charge < -0.3 is 15.7 Å². The SMILES string of the molecule is Cc1c(C(=O)NCC2CNCC2O)sc2nc3n(c(=O)c12)CCCCC3.Cl. The number of halogens is 1. The quantitative estimate of drug-likeness (QED) is 0.704. The van der Waals surface area contributed by atoms with Crippen molar-refractivity contribution in [2.45, 2.75) is 45.3 Å². The number of hydrogen-bond acceptors (Lipinski definition) is 6. The number of aryl methyl sites for hydroxylation is 2. The van der Waals surface area contributed by atoms with Gasteiger partial charge in [0.1, 0.15) is 10.7 Å². The molecule has 2 aromatic rings. The molecule has 0 radical (unpaired) electrons. The van der Waals surface area contributed by atoms with Crippen LogP contribution in [0, 0.1) is 12.8 Å². The summed E-state index contributed by atoms with van der Waals surface area (Å²) >= 11 is 1.29. The fourth-order valence-corrected chi connectivity index (χ4v) is 4.96. The second-order valence-corrected chi connectivity index (χ2v) is 8.23. The number of carbonyl (C=O) groups excluding carboxylic acids is 1. The first-order valence-corrected chi connectivity index (χ1v) is 10.1. The van der Waals surface area contributed by atoms with Crippen molar-refractivity contribution >= 4 is 39.9 Å². The number of thiophene rings is 1. The van der Waals surface area contributed by atoms with Gasteiger partial charge in [0.05, 0.1) is 16.4 Å². The average Bonchev–Trinajstić information content (AvgIpc) is 3.07. The van der Waals surface area contributed by atoms with Crippen LogP contribution in [0.3, 0.4) is 0 Å². The van der Waals surface area contributed by atoms with Crippen LogP contribution in [0.1, 0.15) is 40.3 Å². The first-order chi connectivity index (χ1) is 12.6. The smallest absolute Gasteiger partial charge is 0.262 e. The van der Waals surface area contributed by atoms with Crippen LogP contribution in [0.15, 0.2) is 4.79 Å². The van der Waals surface area contributed by atoms with Crippen molar-refractivity contribution in [2.75, 3.05) is 19.6 Å². The van der Waals surface area contributed by atoms with Gasteiger partial charge in [0.2, 0.25) is 0 Å². The van der Waals surface area contributed by atoms with E-state index in [0.717, 1.165) is 31.5 Å². The second-order valence-electron chi connectivity index (χ2n) is 7.23. The second kappa shape index (κ2) is 8.26. The molecular weight excluding hydrogens is 388 g/mol. The average molecular weight is 413 g/mol. The van der Waals surface area contributed by atoms with Gasteiger partial charge in [0, 0.05) is 38.5 Å². The van der Waals surface area contributed by atoms with Crippen molar-refractivity contribution < 1.29 is 9.90 Å². The molecule has 4 rings (SSSR count). The molecular formula is C18H25ClN4O3S. The molecule has 1 amide bonds. The normalized spacial score (nSPS) is 22.1. The molecule has 2 atom stereocenters. The summed E-state index contributed by atoms with van der Waals surface area (Å²) in [5, 5.41) is 16.5. The lowest BCUT2D eigenvalue weighted by molar-refractivity contribution is 0.0930. The number of β-amino-alcohol motifs (C(OH)–C–C–N with tert-alkyl or cyclic N) is 1. The third-order valence-electron chi connectivity index (χ3n) is 5.45. The molecule has 9 heteroatoms. The molecule has 0 spiro atoms. The number of carbonyl (C=O) groups is 1. The maximum atomic E-state index is 12.9. The number of aliphatic hydroxyl groups excluding tert-OH is 1. The predicted octanol–water partition coefficient (Wildman–Crippen LogP) is 1.22. The van der Waals surface area contributed by atoms with E-state index in [1.165, 1.54) is 11.3 Å². The largest absolute Gasteiger partial charge is 0.391 e. The van der Waals surface area contributed by atoms with Crippen LogP contribution in [-0.4, -0.2) is 46.3 Å². The van der Waals surface area contributed by atoms with Crippen LogP contribution in [0.4, 0.5) is 0 Å². The van der Waals surface area contributed by atoms with Crippen molar-refractivity contribution in [1.82, 2.24) is 20.2 Å². The van der Waals surface area contributed by atoms with Gasteiger partial charge in [-0.3, -0.25) is 14.2 Å². The Morgan fingerprint density at radius 1 is 1.37 bits per heavy atom. The van der Waals surface area contributed by atoms with Crippen LogP contribution in [-0.2, 0) is 13.0 Å². The number of rotatable bonds is 3. The number of hydrogen-bond donors (Lipinski definition) is 3. The number of nitrogens with zero attached hydrogens (tertiary/aromatic N) is 2. The van der Waals surface area contributed by atoms with Crippen LogP contribution in [0.5, 0.6) is 0 Å². The topological polar surface area (TPSA) is 96.2 Å². The minimum Gasteiger partial charge on any atom is -0.391 e. The molecule has 2 unspecified atom stereocenters. The Morgan fingerprint density at radius 2 is 2.19 bits per heavy atom. The lowest BCUT2D eigenvalue weighted by Gasteiger charge is -2.13. The lowest BCUT2D eigenvalue weighted by atomic mass is 10.1. The summed E-state index contributed by atoms with van der Waals surface area (Å²) in [7, 11) is 0. The van der Waals surface area contributed by atoms with E-state index in [1.54, 1.807) is 4.57 Å². The Balaban J connectivity index is 0.00000210. The Bertz CT molecular complexity index is 910. The van der Waals surface area contributed by atoms with Gasteiger partial charge in [-0.05, 0) is 25.3 Å². The molecule has 0 aromatic carbocycles. The van der Waals surface area contributed by atoms with Gasteiger partial charge in [0.25, 0.3) is 11.5 Å². The maximum absolute atomic E-state index is 12.9. The molecule has 7 nitrogen and oxygen atoms in total. The van der Waals surface area contributed by atoms with Crippen LogP contribution >= 0.6 is 23.7 Å². The zero-order valence-electron chi connectivity index (χ0n) is 15.3. The molecule has 4 heterocycles. The van der Waals surface area contributed by atoms with Crippen LogP contribution in [0.2, 0.25) is 0 Å². The Morgan fingerprint density at radius 3 is 2.93 bits per heavy atom. The third kappa shape index (κ3) is 3.76. The minimum atomic E-state index is -0.430. The number of amides is 1. The summed E-state index contributed by atoms with van der Waals surface area (Å²) in [5.41, 5.74) is 0.694. The summed E-state index contributed by atoms with van der Waals surface area (Å²) in [6.07, 6.45) is 3.55. The molecule has 2 aliphatic rings. The van der Waals surface area contributed by atoms with E-state index in [1.807, 2.05) is 6.92 Å². The van der Waals surface area contributed by atoms with Gasteiger partial charge in [-0.2, -0.15) is 0 Å². The van der Waals surface area contributed by atoms with E-state index in [9.17, 15) is 14.7 Å². The number of fused-ring (bicyclic) bond motifs is 2. The van der Waals surface area contributed by atoms with Gasteiger partial charge >= 0.3 is 0 Å². The maximum Gasteiger partial charge on any atom is 0.262 e. The van der Waals surface area contributed by atoms with Gasteiger partial charge in [-0.25, -0.2) is 4.98 Å². The molecule has 2 aromatic heterocycles. The minimum absolute atomic E-state index is 0.